The third-order valence-corrected chi connectivity index (χ3v) is 6.46. The van der Waals surface area contributed by atoms with Crippen molar-refractivity contribution in [2.24, 2.45) is 17.3 Å². The summed E-state index contributed by atoms with van der Waals surface area (Å²) in [5.74, 6) is -2.23. The van der Waals surface area contributed by atoms with Crippen LogP contribution >= 0.6 is 0 Å². The molecular weight excluding hydrogens is 354 g/mol. The molecule has 1 aliphatic heterocycles. The van der Waals surface area contributed by atoms with Crippen molar-refractivity contribution in [1.82, 2.24) is 10.2 Å². The fourth-order valence-electron chi connectivity index (χ4n) is 4.80. The average molecular weight is 378 g/mol. The maximum atomic E-state index is 13.9. The number of piperidine rings is 1. The maximum Gasteiger partial charge on any atom is 0.307 e. The van der Waals surface area contributed by atoms with E-state index in [2.05, 4.69) is 5.32 Å². The molecule has 146 valence electrons. The van der Waals surface area contributed by atoms with Crippen molar-refractivity contribution in [2.75, 3.05) is 13.1 Å². The van der Waals surface area contributed by atoms with Crippen LogP contribution < -0.4 is 5.32 Å². The zero-order valence-electron chi connectivity index (χ0n) is 15.1. The Morgan fingerprint density at radius 1 is 1.22 bits per heavy atom. The normalized spacial score (nSPS) is 32.7. The molecule has 7 heteroatoms. The quantitative estimate of drug-likeness (QED) is 0.826. The summed E-state index contributed by atoms with van der Waals surface area (Å²) in [6, 6.07) is 3.84. The van der Waals surface area contributed by atoms with Crippen LogP contribution in [0.3, 0.4) is 0 Å². The first-order valence-corrected chi connectivity index (χ1v) is 9.56. The summed E-state index contributed by atoms with van der Waals surface area (Å²) < 4.78 is 27.7. The van der Waals surface area contributed by atoms with E-state index in [4.69, 9.17) is 5.11 Å². The van der Waals surface area contributed by atoms with Crippen LogP contribution in [0.4, 0.5) is 8.78 Å². The molecule has 0 radical (unpaired) electrons. The predicted molar refractivity (Wildman–Crippen MR) is 93.7 cm³/mol. The van der Waals surface area contributed by atoms with E-state index in [1.54, 1.807) is 0 Å². The van der Waals surface area contributed by atoms with Gasteiger partial charge in [-0.05, 0) is 56.2 Å². The molecular formula is C20H24F2N2O3. The number of likely N-dealkylation sites (tertiary alicyclic amines) is 1. The van der Waals surface area contributed by atoms with Gasteiger partial charge in [0.15, 0.2) is 0 Å². The minimum Gasteiger partial charge on any atom is -0.481 e. The molecule has 3 aliphatic rings. The number of nitrogens with zero attached hydrogens (tertiary/aromatic N) is 1. The number of carboxylic acids is 1. The molecule has 27 heavy (non-hydrogen) atoms. The Morgan fingerprint density at radius 2 is 1.93 bits per heavy atom. The van der Waals surface area contributed by atoms with Crippen LogP contribution in [0.15, 0.2) is 18.2 Å². The Morgan fingerprint density at radius 3 is 2.56 bits per heavy atom. The molecule has 2 atom stereocenters. The predicted octanol–water partition coefficient (Wildman–Crippen LogP) is 2.55. The number of nitrogens with one attached hydrogen (secondary N) is 1. The first-order chi connectivity index (χ1) is 12.9. The van der Waals surface area contributed by atoms with Gasteiger partial charge in [0.2, 0.25) is 5.91 Å². The van der Waals surface area contributed by atoms with Gasteiger partial charge in [0, 0.05) is 30.6 Å². The van der Waals surface area contributed by atoms with E-state index in [0.717, 1.165) is 19.4 Å². The van der Waals surface area contributed by atoms with Crippen molar-refractivity contribution in [3.05, 3.63) is 35.4 Å². The smallest absolute Gasteiger partial charge is 0.307 e. The number of carboxylic acid groups (broad SMARTS) is 1. The van der Waals surface area contributed by atoms with Gasteiger partial charge in [-0.15, -0.1) is 0 Å². The summed E-state index contributed by atoms with van der Waals surface area (Å²) >= 11 is 0. The highest BCUT2D eigenvalue weighted by Gasteiger charge is 2.66. The van der Waals surface area contributed by atoms with Crippen molar-refractivity contribution in [2.45, 2.75) is 44.7 Å². The molecule has 2 unspecified atom stereocenters. The van der Waals surface area contributed by atoms with E-state index < -0.39 is 17.6 Å². The van der Waals surface area contributed by atoms with E-state index in [1.807, 2.05) is 4.90 Å². The van der Waals surface area contributed by atoms with E-state index in [1.165, 1.54) is 18.2 Å². The van der Waals surface area contributed by atoms with Gasteiger partial charge >= 0.3 is 5.97 Å². The zero-order valence-corrected chi connectivity index (χ0v) is 15.1. The van der Waals surface area contributed by atoms with Crippen molar-refractivity contribution in [1.29, 1.82) is 0 Å². The third-order valence-electron chi connectivity index (χ3n) is 6.46. The van der Waals surface area contributed by atoms with Crippen LogP contribution in [0.25, 0.3) is 0 Å². The van der Waals surface area contributed by atoms with Crippen LogP contribution in [0.5, 0.6) is 0 Å². The van der Waals surface area contributed by atoms with Crippen LogP contribution in [-0.2, 0) is 16.1 Å². The van der Waals surface area contributed by atoms with Gasteiger partial charge < -0.3 is 10.4 Å². The molecule has 1 aromatic carbocycles. The first-order valence-electron chi connectivity index (χ1n) is 9.56. The van der Waals surface area contributed by atoms with Crippen molar-refractivity contribution in [3.63, 3.8) is 0 Å². The van der Waals surface area contributed by atoms with Gasteiger partial charge in [-0.1, -0.05) is 6.07 Å². The lowest BCUT2D eigenvalue weighted by Gasteiger charge is -2.38. The highest BCUT2D eigenvalue weighted by molar-refractivity contribution is 5.82. The van der Waals surface area contributed by atoms with Crippen LogP contribution in [0, 0.1) is 28.9 Å². The summed E-state index contributed by atoms with van der Waals surface area (Å²) in [6.45, 7) is 1.50. The molecule has 0 bridgehead atoms. The Bertz CT molecular complexity index is 743. The molecule has 1 heterocycles. The van der Waals surface area contributed by atoms with E-state index in [0.29, 0.717) is 25.8 Å². The number of hydrogen-bond acceptors (Lipinski definition) is 3. The molecule has 2 N–H and O–H groups in total. The molecule has 4 rings (SSSR count). The van der Waals surface area contributed by atoms with Crippen molar-refractivity contribution < 1.29 is 23.5 Å². The second-order valence-corrected chi connectivity index (χ2v) is 8.35. The minimum atomic E-state index is -0.753. The van der Waals surface area contributed by atoms with Gasteiger partial charge in [-0.25, -0.2) is 8.78 Å². The monoisotopic (exact) mass is 378 g/mol. The number of halogens is 2. The second-order valence-electron chi connectivity index (χ2n) is 8.35. The third kappa shape index (κ3) is 3.57. The fourth-order valence-corrected chi connectivity index (χ4v) is 4.80. The molecule has 1 saturated heterocycles. The molecule has 2 saturated carbocycles. The summed E-state index contributed by atoms with van der Waals surface area (Å²) in [6.07, 6.45) is 3.71. The second kappa shape index (κ2) is 6.86. The average Bonchev–Trinajstić information content (AvgIpc) is 3.34. The van der Waals surface area contributed by atoms with Crippen molar-refractivity contribution in [3.8, 4) is 0 Å². The molecule has 3 fully saturated rings. The lowest BCUT2D eigenvalue weighted by atomic mass is 9.70. The number of hydrogen-bond donors (Lipinski definition) is 2. The number of rotatable bonds is 5. The lowest BCUT2D eigenvalue weighted by molar-refractivity contribution is -0.142. The fraction of sp³-hybridized carbons (Fsp3) is 0.600. The summed E-state index contributed by atoms with van der Waals surface area (Å²) in [5, 5.41) is 12.1. The molecule has 1 spiro atoms. The van der Waals surface area contributed by atoms with E-state index in [-0.39, 0.29) is 41.3 Å². The van der Waals surface area contributed by atoms with Crippen LogP contribution in [-0.4, -0.2) is 41.0 Å². The summed E-state index contributed by atoms with van der Waals surface area (Å²) in [7, 11) is 0. The van der Waals surface area contributed by atoms with Crippen LogP contribution in [0.1, 0.15) is 37.7 Å². The zero-order chi connectivity index (χ0) is 19.2. The number of amides is 1. The number of benzene rings is 1. The number of carbonyl (C=O) groups is 2. The Labute approximate surface area is 156 Å². The number of aliphatic carboxylic acids is 1. The minimum absolute atomic E-state index is 0.0133. The number of carbonyl (C=O) groups excluding carboxylic acids is 1. The van der Waals surface area contributed by atoms with Gasteiger partial charge in [-0.3, -0.25) is 14.5 Å². The first kappa shape index (κ1) is 18.3. The molecule has 5 nitrogen and oxygen atoms in total. The topological polar surface area (TPSA) is 69.6 Å². The Kier molecular flexibility index (Phi) is 4.66. The molecule has 0 aromatic heterocycles. The van der Waals surface area contributed by atoms with E-state index in [9.17, 15) is 18.4 Å². The van der Waals surface area contributed by atoms with Gasteiger partial charge in [0.05, 0.1) is 5.92 Å². The van der Waals surface area contributed by atoms with Crippen molar-refractivity contribution >= 4 is 11.9 Å². The van der Waals surface area contributed by atoms with Gasteiger partial charge in [-0.2, -0.15) is 0 Å². The standard InChI is InChI=1S/C20H24F2N2O3/c21-16-4-1-5-17(22)14(16)11-24-6-2-3-13(10-24)23-18(25)12-7-20(8-12)9-15(20)19(26)27/h1,4-5,12-13,15H,2-3,6-11H2,(H,23,25)(H,26,27). The highest BCUT2D eigenvalue weighted by atomic mass is 19.1. The molecule has 1 amide bonds. The maximum absolute atomic E-state index is 13.9. The SMILES string of the molecule is O=C(NC1CCCN(Cc2c(F)cccc2F)C1)C1CC2(C1)CC2C(=O)O. The summed E-state index contributed by atoms with van der Waals surface area (Å²) in [4.78, 5) is 25.5. The Balaban J connectivity index is 1.28. The largest absolute Gasteiger partial charge is 0.481 e. The molecule has 1 aromatic rings. The Hall–Kier alpha value is -2.02. The van der Waals surface area contributed by atoms with Crippen LogP contribution in [0.2, 0.25) is 0 Å². The van der Waals surface area contributed by atoms with Gasteiger partial charge in [0.25, 0.3) is 0 Å². The summed E-state index contributed by atoms with van der Waals surface area (Å²) in [5.41, 5.74) is -0.0618. The molecule has 2 aliphatic carbocycles. The van der Waals surface area contributed by atoms with Gasteiger partial charge in [0.1, 0.15) is 11.6 Å². The highest BCUT2D eigenvalue weighted by Crippen LogP contribution is 2.67. The van der Waals surface area contributed by atoms with E-state index >= 15 is 0 Å². The lowest BCUT2D eigenvalue weighted by Crippen LogP contribution is -2.51.